The van der Waals surface area contributed by atoms with E-state index in [2.05, 4.69) is 0 Å². The van der Waals surface area contributed by atoms with Crippen molar-refractivity contribution < 1.29 is 18.7 Å². The minimum absolute atomic E-state index is 0.0725. The van der Waals surface area contributed by atoms with Crippen LogP contribution in [0, 0.1) is 11.2 Å². The molecule has 1 heterocycles. The molecule has 128 valence electrons. The topological polar surface area (TPSA) is 62.6 Å². The van der Waals surface area contributed by atoms with Gasteiger partial charge in [-0.15, -0.1) is 0 Å². The van der Waals surface area contributed by atoms with Gasteiger partial charge in [0, 0.05) is 0 Å². The van der Waals surface area contributed by atoms with Gasteiger partial charge in [0.15, 0.2) is 16.7 Å². The molecule has 0 atom stereocenters. The van der Waals surface area contributed by atoms with Crippen LogP contribution in [0.1, 0.15) is 5.56 Å². The Morgan fingerprint density at radius 2 is 1.76 bits per heavy atom. The van der Waals surface area contributed by atoms with Crippen molar-refractivity contribution in [2.24, 2.45) is 0 Å². The summed E-state index contributed by atoms with van der Waals surface area (Å²) >= 11 is 1.05. The lowest BCUT2D eigenvalue weighted by atomic mass is 10.2. The van der Waals surface area contributed by atoms with E-state index in [4.69, 9.17) is 14.9 Å². The minimum atomic E-state index is -0.393. The van der Waals surface area contributed by atoms with Crippen LogP contribution in [0.3, 0.4) is 0 Å². The van der Waals surface area contributed by atoms with Crippen LogP contribution in [-0.4, -0.2) is 25.3 Å². The summed E-state index contributed by atoms with van der Waals surface area (Å²) in [5, 5.41) is 8.13. The Kier molecular flexibility index (Phi) is 4.76. The third-order valence-electron chi connectivity index (χ3n) is 3.61. The minimum Gasteiger partial charge on any atom is -0.493 e. The number of amides is 1. The zero-order chi connectivity index (χ0) is 18.0. The number of carbonyl (C=O) groups is 1. The number of thioether (sulfide) groups is 1. The summed E-state index contributed by atoms with van der Waals surface area (Å²) in [6, 6.07) is 10.8. The normalized spacial score (nSPS) is 15.8. The SMILES string of the molecule is COc1ccc(C=C2SC(=N)N(c3ccc(F)cc3)C2=O)cc1OC. The number of anilines is 1. The summed E-state index contributed by atoms with van der Waals surface area (Å²) < 4.78 is 23.5. The molecule has 1 fully saturated rings. The Balaban J connectivity index is 1.91. The smallest absolute Gasteiger partial charge is 0.271 e. The summed E-state index contributed by atoms with van der Waals surface area (Å²) in [6.07, 6.45) is 1.69. The first kappa shape index (κ1) is 17.0. The third kappa shape index (κ3) is 3.36. The molecule has 0 radical (unpaired) electrons. The third-order valence-corrected chi connectivity index (χ3v) is 4.50. The van der Waals surface area contributed by atoms with Crippen LogP contribution in [0.25, 0.3) is 6.08 Å². The zero-order valence-corrected chi connectivity index (χ0v) is 14.4. The number of hydrogen-bond donors (Lipinski definition) is 1. The standard InChI is InChI=1S/C18H15FN2O3S/c1-23-14-8-3-11(9-15(14)24-2)10-16-17(22)21(18(20)25-16)13-6-4-12(19)5-7-13/h3-10,20H,1-2H3. The molecule has 3 rings (SSSR count). The molecule has 1 saturated heterocycles. The quantitative estimate of drug-likeness (QED) is 0.842. The van der Waals surface area contributed by atoms with E-state index >= 15 is 0 Å². The number of methoxy groups -OCH3 is 2. The zero-order valence-electron chi connectivity index (χ0n) is 13.6. The van der Waals surface area contributed by atoms with E-state index in [1.807, 2.05) is 0 Å². The Labute approximate surface area is 148 Å². The number of hydrogen-bond acceptors (Lipinski definition) is 5. The van der Waals surface area contributed by atoms with Crippen LogP contribution in [0.15, 0.2) is 47.4 Å². The number of ether oxygens (including phenoxy) is 2. The lowest BCUT2D eigenvalue weighted by Crippen LogP contribution is -2.28. The summed E-state index contributed by atoms with van der Waals surface area (Å²) in [5.41, 5.74) is 1.21. The van der Waals surface area contributed by atoms with E-state index < -0.39 is 5.82 Å². The first-order valence-electron chi connectivity index (χ1n) is 7.33. The largest absolute Gasteiger partial charge is 0.493 e. The van der Waals surface area contributed by atoms with Crippen molar-refractivity contribution >= 4 is 34.6 Å². The maximum Gasteiger partial charge on any atom is 0.271 e. The van der Waals surface area contributed by atoms with Crippen molar-refractivity contribution in [2.75, 3.05) is 19.1 Å². The van der Waals surface area contributed by atoms with Crippen molar-refractivity contribution in [3.05, 3.63) is 58.8 Å². The van der Waals surface area contributed by atoms with E-state index in [9.17, 15) is 9.18 Å². The summed E-state index contributed by atoms with van der Waals surface area (Å²) in [7, 11) is 3.09. The molecule has 0 bridgehead atoms. The van der Waals surface area contributed by atoms with Gasteiger partial charge >= 0.3 is 0 Å². The molecule has 5 nitrogen and oxygen atoms in total. The van der Waals surface area contributed by atoms with Crippen molar-refractivity contribution in [1.82, 2.24) is 0 Å². The molecule has 0 aromatic heterocycles. The summed E-state index contributed by atoms with van der Waals surface area (Å²) in [6.45, 7) is 0. The lowest BCUT2D eigenvalue weighted by Gasteiger charge is -2.14. The second-order valence-corrected chi connectivity index (χ2v) is 6.18. The Bertz CT molecular complexity index is 865. The van der Waals surface area contributed by atoms with Crippen molar-refractivity contribution in [1.29, 1.82) is 5.41 Å². The Morgan fingerprint density at radius 3 is 2.40 bits per heavy atom. The monoisotopic (exact) mass is 358 g/mol. The van der Waals surface area contributed by atoms with Crippen LogP contribution < -0.4 is 14.4 Å². The molecule has 7 heteroatoms. The van der Waals surface area contributed by atoms with Gasteiger partial charge in [0.1, 0.15) is 5.82 Å². The van der Waals surface area contributed by atoms with Gasteiger partial charge < -0.3 is 9.47 Å². The number of carbonyl (C=O) groups excluding carboxylic acids is 1. The van der Waals surface area contributed by atoms with Crippen molar-refractivity contribution in [2.45, 2.75) is 0 Å². The predicted molar refractivity (Wildman–Crippen MR) is 96.7 cm³/mol. The molecule has 2 aromatic carbocycles. The highest BCUT2D eigenvalue weighted by molar-refractivity contribution is 8.19. The average Bonchev–Trinajstić information content (AvgIpc) is 2.89. The van der Waals surface area contributed by atoms with Crippen molar-refractivity contribution in [3.63, 3.8) is 0 Å². The second-order valence-electron chi connectivity index (χ2n) is 5.15. The summed E-state index contributed by atoms with van der Waals surface area (Å²) in [5.74, 6) is 0.431. The average molecular weight is 358 g/mol. The number of benzene rings is 2. The highest BCUT2D eigenvalue weighted by Crippen LogP contribution is 2.36. The van der Waals surface area contributed by atoms with E-state index in [0.717, 1.165) is 17.3 Å². The summed E-state index contributed by atoms with van der Waals surface area (Å²) in [4.78, 5) is 14.3. The molecule has 1 amide bonds. The highest BCUT2D eigenvalue weighted by Gasteiger charge is 2.33. The first-order valence-corrected chi connectivity index (χ1v) is 8.15. The van der Waals surface area contributed by atoms with Crippen LogP contribution in [-0.2, 0) is 4.79 Å². The highest BCUT2D eigenvalue weighted by atomic mass is 32.2. The fourth-order valence-corrected chi connectivity index (χ4v) is 3.27. The molecule has 25 heavy (non-hydrogen) atoms. The van der Waals surface area contributed by atoms with E-state index in [1.54, 1.807) is 31.4 Å². The fraction of sp³-hybridized carbons (Fsp3) is 0.111. The van der Waals surface area contributed by atoms with E-state index in [1.165, 1.54) is 36.3 Å². The molecule has 0 aliphatic carbocycles. The predicted octanol–water partition coefficient (Wildman–Crippen LogP) is 3.90. The molecule has 1 N–H and O–H groups in total. The maximum atomic E-state index is 13.1. The molecule has 1 aliphatic rings. The molecular weight excluding hydrogens is 343 g/mol. The maximum absolute atomic E-state index is 13.1. The van der Waals surface area contributed by atoms with Gasteiger partial charge in [0.05, 0.1) is 24.8 Å². The number of rotatable bonds is 4. The number of nitrogens with zero attached hydrogens (tertiary/aromatic N) is 1. The number of nitrogens with one attached hydrogen (secondary N) is 1. The van der Waals surface area contributed by atoms with Gasteiger partial charge in [-0.3, -0.25) is 15.1 Å². The fourth-order valence-electron chi connectivity index (χ4n) is 2.41. The van der Waals surface area contributed by atoms with Gasteiger partial charge in [-0.1, -0.05) is 6.07 Å². The van der Waals surface area contributed by atoms with Gasteiger partial charge in [0.25, 0.3) is 5.91 Å². The number of halogens is 1. The molecule has 0 unspecified atom stereocenters. The molecule has 1 aliphatic heterocycles. The van der Waals surface area contributed by atoms with Gasteiger partial charge in [-0.05, 0) is 59.8 Å². The molecule has 0 spiro atoms. The molecule has 0 saturated carbocycles. The number of amidine groups is 1. The van der Waals surface area contributed by atoms with Crippen LogP contribution >= 0.6 is 11.8 Å². The van der Waals surface area contributed by atoms with E-state index in [-0.39, 0.29) is 11.1 Å². The van der Waals surface area contributed by atoms with Crippen LogP contribution in [0.2, 0.25) is 0 Å². The van der Waals surface area contributed by atoms with Crippen LogP contribution in [0.4, 0.5) is 10.1 Å². The van der Waals surface area contributed by atoms with Crippen molar-refractivity contribution in [3.8, 4) is 11.5 Å². The van der Waals surface area contributed by atoms with Gasteiger partial charge in [-0.2, -0.15) is 0 Å². The van der Waals surface area contributed by atoms with Gasteiger partial charge in [-0.25, -0.2) is 4.39 Å². The molecular formula is C18H15FN2O3S. The Hall–Kier alpha value is -2.80. The second kappa shape index (κ2) is 6.98. The first-order chi connectivity index (χ1) is 12.0. The van der Waals surface area contributed by atoms with Gasteiger partial charge in [0.2, 0.25) is 0 Å². The van der Waals surface area contributed by atoms with Crippen LogP contribution in [0.5, 0.6) is 11.5 Å². The Morgan fingerprint density at radius 1 is 1.08 bits per heavy atom. The molecule has 2 aromatic rings. The van der Waals surface area contributed by atoms with E-state index in [0.29, 0.717) is 22.1 Å². The lowest BCUT2D eigenvalue weighted by molar-refractivity contribution is -0.113.